The third-order valence-electron chi connectivity index (χ3n) is 3.86. The van der Waals surface area contributed by atoms with Crippen LogP contribution in [0.1, 0.15) is 10.4 Å². The van der Waals surface area contributed by atoms with Crippen molar-refractivity contribution in [3.05, 3.63) is 54.1 Å². The van der Waals surface area contributed by atoms with E-state index in [0.29, 0.717) is 30.2 Å². The van der Waals surface area contributed by atoms with E-state index in [2.05, 4.69) is 9.55 Å². The summed E-state index contributed by atoms with van der Waals surface area (Å²) in [6.45, 7) is 1.30. The summed E-state index contributed by atoms with van der Waals surface area (Å²) in [4.78, 5) is 17.1. The molecule has 0 N–H and O–H groups in total. The second kappa shape index (κ2) is 8.18. The fourth-order valence-electron chi connectivity index (χ4n) is 2.57. The molecule has 0 bridgehead atoms. The van der Waals surface area contributed by atoms with Crippen LogP contribution in [-0.4, -0.2) is 41.9 Å². The Hall–Kier alpha value is -2.31. The first-order valence-corrected chi connectivity index (χ1v) is 8.95. The maximum absolute atomic E-state index is 12.5. The summed E-state index contributed by atoms with van der Waals surface area (Å²) < 4.78 is 12.5. The molecule has 0 radical (unpaired) electrons. The van der Waals surface area contributed by atoms with E-state index >= 15 is 0 Å². The first kappa shape index (κ1) is 17.5. The van der Waals surface area contributed by atoms with Crippen LogP contribution in [0, 0.1) is 0 Å². The van der Waals surface area contributed by atoms with Gasteiger partial charge in [-0.15, -0.1) is 0 Å². The maximum Gasteiger partial charge on any atom is 0.173 e. The van der Waals surface area contributed by atoms with Crippen LogP contribution >= 0.6 is 11.8 Å². The van der Waals surface area contributed by atoms with E-state index in [0.717, 1.165) is 16.2 Å². The Morgan fingerprint density at radius 2 is 2.00 bits per heavy atom. The molecule has 6 heteroatoms. The normalized spacial score (nSPS) is 11.0. The summed E-state index contributed by atoms with van der Waals surface area (Å²) in [5, 5.41) is 0.828. The van der Waals surface area contributed by atoms with Gasteiger partial charge < -0.3 is 14.0 Å². The molecule has 0 aliphatic heterocycles. The molecule has 0 atom stereocenters. The van der Waals surface area contributed by atoms with E-state index < -0.39 is 0 Å². The number of para-hydroxylation sites is 2. The van der Waals surface area contributed by atoms with Crippen molar-refractivity contribution in [3.63, 3.8) is 0 Å². The number of aromatic nitrogens is 2. The molecule has 2 aromatic carbocycles. The molecule has 1 heterocycles. The highest BCUT2D eigenvalue weighted by atomic mass is 32.2. The van der Waals surface area contributed by atoms with Crippen molar-refractivity contribution in [1.29, 1.82) is 0 Å². The molecule has 0 amide bonds. The van der Waals surface area contributed by atoms with Gasteiger partial charge in [0, 0.05) is 19.2 Å². The Labute approximate surface area is 151 Å². The second-order valence-electron chi connectivity index (χ2n) is 5.47. The second-order valence-corrected chi connectivity index (χ2v) is 6.41. The molecule has 25 heavy (non-hydrogen) atoms. The predicted octanol–water partition coefficient (Wildman–Crippen LogP) is 3.67. The van der Waals surface area contributed by atoms with Crippen LogP contribution in [-0.2, 0) is 11.3 Å². The maximum atomic E-state index is 12.5. The molecule has 130 valence electrons. The largest absolute Gasteiger partial charge is 0.497 e. The van der Waals surface area contributed by atoms with Gasteiger partial charge in [-0.25, -0.2) is 4.98 Å². The third kappa shape index (κ3) is 4.03. The molecule has 0 saturated heterocycles. The highest BCUT2D eigenvalue weighted by Crippen LogP contribution is 2.25. The van der Waals surface area contributed by atoms with E-state index in [1.54, 1.807) is 26.4 Å². The first-order valence-electron chi connectivity index (χ1n) is 7.97. The highest BCUT2D eigenvalue weighted by molar-refractivity contribution is 7.99. The van der Waals surface area contributed by atoms with Gasteiger partial charge in [0.25, 0.3) is 0 Å². The number of rotatable bonds is 8. The highest BCUT2D eigenvalue weighted by Gasteiger charge is 2.14. The number of carbonyl (C=O) groups is 1. The fraction of sp³-hybridized carbons (Fsp3) is 0.263. The standard InChI is InChI=1S/C19H20N2O3S/c1-23-11-10-21-17-9-4-3-8-16(17)20-19(21)25-13-18(22)14-6-5-7-15(12-14)24-2/h3-9,12H,10-11,13H2,1-2H3. The summed E-state index contributed by atoms with van der Waals surface area (Å²) in [6.07, 6.45) is 0. The topological polar surface area (TPSA) is 53.4 Å². The lowest BCUT2D eigenvalue weighted by Gasteiger charge is -2.08. The van der Waals surface area contributed by atoms with Gasteiger partial charge in [-0.2, -0.15) is 0 Å². The molecular formula is C19H20N2O3S. The van der Waals surface area contributed by atoms with Crippen molar-refractivity contribution < 1.29 is 14.3 Å². The summed E-state index contributed by atoms with van der Waals surface area (Å²) in [7, 11) is 3.27. The Morgan fingerprint density at radius 3 is 2.80 bits per heavy atom. The molecule has 1 aromatic heterocycles. The van der Waals surface area contributed by atoms with Crippen LogP contribution in [0.5, 0.6) is 5.75 Å². The number of carbonyl (C=O) groups excluding carboxylic acids is 1. The number of nitrogens with zero attached hydrogens (tertiary/aromatic N) is 2. The van der Waals surface area contributed by atoms with Gasteiger partial charge in [0.05, 0.1) is 30.5 Å². The zero-order valence-electron chi connectivity index (χ0n) is 14.3. The number of methoxy groups -OCH3 is 2. The van der Waals surface area contributed by atoms with Crippen molar-refractivity contribution in [1.82, 2.24) is 9.55 Å². The lowest BCUT2D eigenvalue weighted by atomic mass is 10.1. The smallest absolute Gasteiger partial charge is 0.173 e. The van der Waals surface area contributed by atoms with E-state index in [1.165, 1.54) is 11.8 Å². The van der Waals surface area contributed by atoms with Crippen molar-refractivity contribution in [3.8, 4) is 5.75 Å². The van der Waals surface area contributed by atoms with Crippen molar-refractivity contribution in [2.45, 2.75) is 11.7 Å². The number of benzene rings is 2. The van der Waals surface area contributed by atoms with Gasteiger partial charge in [-0.3, -0.25) is 4.79 Å². The number of thioether (sulfide) groups is 1. The summed E-state index contributed by atoms with van der Waals surface area (Å²) >= 11 is 1.45. The van der Waals surface area contributed by atoms with Gasteiger partial charge in [0.1, 0.15) is 5.75 Å². The quantitative estimate of drug-likeness (QED) is 0.455. The van der Waals surface area contributed by atoms with Crippen molar-refractivity contribution in [2.75, 3.05) is 26.6 Å². The average molecular weight is 356 g/mol. The molecule has 3 aromatic rings. The van der Waals surface area contributed by atoms with Crippen LogP contribution in [0.3, 0.4) is 0 Å². The van der Waals surface area contributed by atoms with E-state index in [1.807, 2.05) is 36.4 Å². The van der Waals surface area contributed by atoms with E-state index in [9.17, 15) is 4.79 Å². The van der Waals surface area contributed by atoms with E-state index in [4.69, 9.17) is 9.47 Å². The van der Waals surface area contributed by atoms with Gasteiger partial charge in [0.2, 0.25) is 0 Å². The van der Waals surface area contributed by atoms with Gasteiger partial charge in [-0.05, 0) is 24.3 Å². The number of ether oxygens (including phenoxy) is 2. The number of fused-ring (bicyclic) bond motifs is 1. The fourth-order valence-corrected chi connectivity index (χ4v) is 3.51. The average Bonchev–Trinajstić information content (AvgIpc) is 3.02. The SMILES string of the molecule is COCCn1c(SCC(=O)c2cccc(OC)c2)nc2ccccc21. The third-order valence-corrected chi connectivity index (χ3v) is 4.84. The zero-order valence-corrected chi connectivity index (χ0v) is 15.1. The molecule has 0 fully saturated rings. The van der Waals surface area contributed by atoms with E-state index in [-0.39, 0.29) is 5.78 Å². The molecule has 0 aliphatic rings. The van der Waals surface area contributed by atoms with Crippen LogP contribution < -0.4 is 4.74 Å². The van der Waals surface area contributed by atoms with Crippen LogP contribution in [0.4, 0.5) is 0 Å². The van der Waals surface area contributed by atoms with Gasteiger partial charge in [0.15, 0.2) is 10.9 Å². The van der Waals surface area contributed by atoms with Crippen molar-refractivity contribution in [2.24, 2.45) is 0 Å². The number of hydrogen-bond acceptors (Lipinski definition) is 5. The Bertz CT molecular complexity index is 876. The van der Waals surface area contributed by atoms with Crippen LogP contribution in [0.25, 0.3) is 11.0 Å². The Kier molecular flexibility index (Phi) is 5.73. The molecular weight excluding hydrogens is 336 g/mol. The number of Topliss-reactive ketones (excluding diaryl/α,β-unsaturated/α-hetero) is 1. The number of imidazole rings is 1. The zero-order chi connectivity index (χ0) is 17.6. The summed E-state index contributed by atoms with van der Waals surface area (Å²) in [5.41, 5.74) is 2.62. The van der Waals surface area contributed by atoms with Crippen LogP contribution in [0.15, 0.2) is 53.7 Å². The minimum Gasteiger partial charge on any atom is -0.497 e. The molecule has 5 nitrogen and oxygen atoms in total. The molecule has 0 saturated carbocycles. The van der Waals surface area contributed by atoms with Gasteiger partial charge in [-0.1, -0.05) is 36.0 Å². The minimum atomic E-state index is 0.0502. The molecule has 0 unspecified atom stereocenters. The summed E-state index contributed by atoms with van der Waals surface area (Å²) in [6, 6.07) is 15.2. The summed E-state index contributed by atoms with van der Waals surface area (Å²) in [5.74, 6) is 1.06. The minimum absolute atomic E-state index is 0.0502. The molecule has 0 spiro atoms. The first-order chi connectivity index (χ1) is 12.2. The van der Waals surface area contributed by atoms with Crippen molar-refractivity contribution >= 4 is 28.6 Å². The number of ketones is 1. The molecule has 0 aliphatic carbocycles. The van der Waals surface area contributed by atoms with Gasteiger partial charge >= 0.3 is 0 Å². The number of hydrogen-bond donors (Lipinski definition) is 0. The predicted molar refractivity (Wildman–Crippen MR) is 99.7 cm³/mol. The lowest BCUT2D eigenvalue weighted by molar-refractivity contribution is 0.102. The monoisotopic (exact) mass is 356 g/mol. The Balaban J connectivity index is 1.79. The molecule has 3 rings (SSSR count). The lowest BCUT2D eigenvalue weighted by Crippen LogP contribution is -2.08. The Morgan fingerprint density at radius 1 is 1.16 bits per heavy atom. The van der Waals surface area contributed by atoms with Crippen LogP contribution in [0.2, 0.25) is 0 Å².